The fourth-order valence-corrected chi connectivity index (χ4v) is 1.86. The first-order valence-electron chi connectivity index (χ1n) is 6.37. The number of benzene rings is 1. The van der Waals surface area contributed by atoms with Crippen LogP contribution in [-0.2, 0) is 10.9 Å². The third kappa shape index (κ3) is 4.10. The highest BCUT2D eigenvalue weighted by molar-refractivity contribution is 5.99. The molecule has 1 aromatic carbocycles. The van der Waals surface area contributed by atoms with E-state index in [4.69, 9.17) is 4.74 Å². The summed E-state index contributed by atoms with van der Waals surface area (Å²) in [6, 6.07) is 2.82. The lowest BCUT2D eigenvalue weighted by Gasteiger charge is -2.25. The lowest BCUT2D eigenvalue weighted by atomic mass is 10.1. The topological polar surface area (TPSA) is 41.6 Å². The molecule has 1 rings (SSSR count). The highest BCUT2D eigenvalue weighted by Gasteiger charge is 2.32. The zero-order valence-corrected chi connectivity index (χ0v) is 12.4. The number of ether oxygens (including phenoxy) is 1. The largest absolute Gasteiger partial charge is 0.416 e. The summed E-state index contributed by atoms with van der Waals surface area (Å²) in [7, 11) is 4.59. The van der Waals surface area contributed by atoms with E-state index in [-0.39, 0.29) is 11.6 Å². The average molecular weight is 304 g/mol. The number of methoxy groups -OCH3 is 1. The number of rotatable bonds is 5. The molecule has 1 unspecified atom stereocenters. The number of likely N-dealkylation sites (N-methyl/N-ethyl adjacent to an activating group) is 1. The van der Waals surface area contributed by atoms with Gasteiger partial charge in [0.05, 0.1) is 23.8 Å². The summed E-state index contributed by atoms with van der Waals surface area (Å²) in [6.07, 6.45) is -4.49. The van der Waals surface area contributed by atoms with Crippen molar-refractivity contribution in [3.63, 3.8) is 0 Å². The van der Waals surface area contributed by atoms with Gasteiger partial charge in [-0.1, -0.05) is 0 Å². The van der Waals surface area contributed by atoms with Crippen molar-refractivity contribution in [3.8, 4) is 0 Å². The number of alkyl halides is 3. The van der Waals surface area contributed by atoms with E-state index in [1.165, 1.54) is 25.1 Å². The quantitative estimate of drug-likeness (QED) is 0.909. The van der Waals surface area contributed by atoms with Crippen molar-refractivity contribution in [1.82, 2.24) is 4.90 Å². The number of nitrogens with zero attached hydrogens (tertiary/aromatic N) is 1. The van der Waals surface area contributed by atoms with Crippen molar-refractivity contribution < 1.29 is 22.7 Å². The van der Waals surface area contributed by atoms with Gasteiger partial charge in [-0.25, -0.2) is 0 Å². The van der Waals surface area contributed by atoms with Gasteiger partial charge in [-0.05, 0) is 25.1 Å². The fraction of sp³-hybridized carbons (Fsp3) is 0.500. The van der Waals surface area contributed by atoms with Gasteiger partial charge in [-0.15, -0.1) is 0 Å². The Morgan fingerprint density at radius 1 is 1.43 bits per heavy atom. The zero-order chi connectivity index (χ0) is 16.2. The minimum absolute atomic E-state index is 0.0159. The maximum Gasteiger partial charge on any atom is 0.416 e. The Hall–Kier alpha value is -1.76. The zero-order valence-electron chi connectivity index (χ0n) is 12.4. The molecule has 1 N–H and O–H groups in total. The minimum atomic E-state index is -4.49. The molecular formula is C14H19F3N2O2. The van der Waals surface area contributed by atoms with Gasteiger partial charge in [0.2, 0.25) is 0 Å². The highest BCUT2D eigenvalue weighted by atomic mass is 19.4. The Kier molecular flexibility index (Phi) is 5.60. The van der Waals surface area contributed by atoms with E-state index in [0.717, 1.165) is 12.1 Å². The Labute approximate surface area is 121 Å². The van der Waals surface area contributed by atoms with Gasteiger partial charge in [0, 0.05) is 26.9 Å². The first-order chi connectivity index (χ1) is 9.72. The summed E-state index contributed by atoms with van der Waals surface area (Å²) in [5, 5.41) is 2.73. The molecule has 0 saturated heterocycles. The van der Waals surface area contributed by atoms with Crippen molar-refractivity contribution >= 4 is 11.6 Å². The number of nitrogens with one attached hydrogen (secondary N) is 1. The summed E-state index contributed by atoms with van der Waals surface area (Å²) >= 11 is 0. The summed E-state index contributed by atoms with van der Waals surface area (Å²) in [6.45, 7) is 2.06. The van der Waals surface area contributed by atoms with Crippen LogP contribution in [0.5, 0.6) is 0 Å². The third-order valence-corrected chi connectivity index (χ3v) is 3.24. The predicted octanol–water partition coefficient (Wildman–Crippen LogP) is 2.85. The molecule has 1 amide bonds. The molecule has 4 nitrogen and oxygen atoms in total. The third-order valence-electron chi connectivity index (χ3n) is 3.24. The molecular weight excluding hydrogens is 285 g/mol. The molecule has 0 aliphatic heterocycles. The first-order valence-corrected chi connectivity index (χ1v) is 6.37. The van der Waals surface area contributed by atoms with Crippen LogP contribution in [0.4, 0.5) is 18.9 Å². The van der Waals surface area contributed by atoms with Gasteiger partial charge in [-0.3, -0.25) is 4.79 Å². The van der Waals surface area contributed by atoms with Crippen molar-refractivity contribution in [1.29, 1.82) is 0 Å². The second-order valence-corrected chi connectivity index (χ2v) is 4.73. The number of anilines is 1. The molecule has 0 aliphatic rings. The molecule has 0 aliphatic carbocycles. The summed E-state index contributed by atoms with van der Waals surface area (Å²) in [5.74, 6) is -0.491. The second kappa shape index (κ2) is 6.80. The lowest BCUT2D eigenvalue weighted by molar-refractivity contribution is -0.137. The molecule has 0 radical (unpaired) electrons. The Balaban J connectivity index is 3.17. The van der Waals surface area contributed by atoms with Crippen molar-refractivity contribution in [2.75, 3.05) is 33.1 Å². The van der Waals surface area contributed by atoms with Gasteiger partial charge < -0.3 is 15.0 Å². The molecule has 0 spiro atoms. The number of hydrogen-bond acceptors (Lipinski definition) is 3. The van der Waals surface area contributed by atoms with Crippen LogP contribution in [0.3, 0.4) is 0 Å². The number of amides is 1. The monoisotopic (exact) mass is 304 g/mol. The molecule has 7 heteroatoms. The number of carbonyl (C=O) groups excluding carboxylic acids is 1. The number of hydrogen-bond donors (Lipinski definition) is 1. The summed E-state index contributed by atoms with van der Waals surface area (Å²) in [4.78, 5) is 13.7. The maximum absolute atomic E-state index is 12.8. The summed E-state index contributed by atoms with van der Waals surface area (Å²) in [5.41, 5.74) is -0.514. The van der Waals surface area contributed by atoms with E-state index in [9.17, 15) is 18.0 Å². The smallest absolute Gasteiger partial charge is 0.387 e. The molecule has 1 aromatic rings. The Bertz CT molecular complexity index is 503. The van der Waals surface area contributed by atoms with E-state index >= 15 is 0 Å². The van der Waals surface area contributed by atoms with E-state index in [1.807, 2.05) is 0 Å². The van der Waals surface area contributed by atoms with E-state index in [0.29, 0.717) is 12.3 Å². The van der Waals surface area contributed by atoms with Crippen LogP contribution in [0.1, 0.15) is 22.8 Å². The molecule has 0 saturated carbocycles. The highest BCUT2D eigenvalue weighted by Crippen LogP contribution is 2.32. The van der Waals surface area contributed by atoms with Crippen LogP contribution in [0.15, 0.2) is 18.2 Å². The van der Waals surface area contributed by atoms with E-state index in [2.05, 4.69) is 5.32 Å². The molecule has 0 fully saturated rings. The van der Waals surface area contributed by atoms with Crippen molar-refractivity contribution in [3.05, 3.63) is 29.3 Å². The van der Waals surface area contributed by atoms with E-state index < -0.39 is 17.6 Å². The van der Waals surface area contributed by atoms with Gasteiger partial charge in [0.25, 0.3) is 5.91 Å². The molecule has 0 aromatic heterocycles. The molecule has 0 bridgehead atoms. The molecule has 0 heterocycles. The van der Waals surface area contributed by atoms with Crippen LogP contribution in [0, 0.1) is 0 Å². The van der Waals surface area contributed by atoms with Gasteiger partial charge in [-0.2, -0.15) is 13.2 Å². The van der Waals surface area contributed by atoms with Crippen molar-refractivity contribution in [2.24, 2.45) is 0 Å². The predicted molar refractivity (Wildman–Crippen MR) is 74.4 cm³/mol. The van der Waals surface area contributed by atoms with Gasteiger partial charge in [0.15, 0.2) is 0 Å². The molecule has 118 valence electrons. The van der Waals surface area contributed by atoms with Crippen LogP contribution in [0.2, 0.25) is 0 Å². The standard InChI is InChI=1S/C14H19F3N2O2/c1-9(8-21-4)19(3)13(20)11-7-10(14(15,16)17)5-6-12(11)18-2/h5-7,9,18H,8H2,1-4H3. The van der Waals surface area contributed by atoms with Crippen LogP contribution in [0.25, 0.3) is 0 Å². The van der Waals surface area contributed by atoms with E-state index in [1.54, 1.807) is 14.0 Å². The average Bonchev–Trinajstić information content (AvgIpc) is 2.44. The molecule has 21 heavy (non-hydrogen) atoms. The van der Waals surface area contributed by atoms with Crippen LogP contribution < -0.4 is 5.32 Å². The SMILES string of the molecule is CNc1ccc(C(F)(F)F)cc1C(=O)N(C)C(C)COC. The van der Waals surface area contributed by atoms with Crippen LogP contribution in [-0.4, -0.2) is 44.7 Å². The first kappa shape index (κ1) is 17.3. The minimum Gasteiger partial charge on any atom is -0.387 e. The number of halogens is 3. The Morgan fingerprint density at radius 2 is 2.05 bits per heavy atom. The van der Waals surface area contributed by atoms with Crippen molar-refractivity contribution in [2.45, 2.75) is 19.1 Å². The Morgan fingerprint density at radius 3 is 2.52 bits per heavy atom. The molecule has 1 atom stereocenters. The second-order valence-electron chi connectivity index (χ2n) is 4.73. The normalized spacial score (nSPS) is 12.9. The van der Waals surface area contributed by atoms with Gasteiger partial charge >= 0.3 is 6.18 Å². The maximum atomic E-state index is 12.8. The van der Waals surface area contributed by atoms with Gasteiger partial charge in [0.1, 0.15) is 0 Å². The van der Waals surface area contributed by atoms with Crippen LogP contribution >= 0.6 is 0 Å². The number of carbonyl (C=O) groups is 1. The summed E-state index contributed by atoms with van der Waals surface area (Å²) < 4.78 is 43.3. The fourth-order valence-electron chi connectivity index (χ4n) is 1.86. The lowest BCUT2D eigenvalue weighted by Crippen LogP contribution is -2.38.